The molecular weight excluding hydrogens is 414 g/mol. The van der Waals surface area contributed by atoms with Gasteiger partial charge in [-0.25, -0.2) is 4.79 Å². The second kappa shape index (κ2) is 9.39. The molecule has 0 radical (unpaired) electrons. The molecule has 0 unspecified atom stereocenters. The summed E-state index contributed by atoms with van der Waals surface area (Å²) < 4.78 is 10.9. The molecule has 4 rings (SSSR count). The van der Waals surface area contributed by atoms with E-state index in [0.29, 0.717) is 16.0 Å². The van der Waals surface area contributed by atoms with Crippen molar-refractivity contribution in [2.24, 2.45) is 0 Å². The van der Waals surface area contributed by atoms with Crippen LogP contribution in [-0.2, 0) is 9.53 Å². The largest absolute Gasteiger partial charge is 0.454 e. The molecule has 0 atom stereocenters. The number of ketones is 1. The number of benzene rings is 2. The van der Waals surface area contributed by atoms with E-state index in [1.54, 1.807) is 24.3 Å². The first-order chi connectivity index (χ1) is 15.0. The minimum absolute atomic E-state index is 0.0706. The third-order valence-electron chi connectivity index (χ3n) is 5.35. The lowest BCUT2D eigenvalue weighted by Gasteiger charge is -2.15. The van der Waals surface area contributed by atoms with Gasteiger partial charge in [0.05, 0.1) is 11.3 Å². The maximum atomic E-state index is 12.6. The zero-order valence-electron chi connectivity index (χ0n) is 17.3. The summed E-state index contributed by atoms with van der Waals surface area (Å²) in [5.41, 5.74) is 1.70. The SMILES string of the molecule is Cc1c(C(=O)COC(=O)c2ccccc2SCC(=O)N2CCCC2)oc2ccccc12. The molecule has 1 saturated heterocycles. The molecule has 160 valence electrons. The van der Waals surface area contributed by atoms with Crippen LogP contribution in [0.3, 0.4) is 0 Å². The van der Waals surface area contributed by atoms with Crippen molar-refractivity contribution in [1.29, 1.82) is 0 Å². The molecular formula is C24H23NO5S. The molecule has 2 heterocycles. The molecule has 0 bridgehead atoms. The minimum Gasteiger partial charge on any atom is -0.454 e. The van der Waals surface area contributed by atoms with E-state index in [1.165, 1.54) is 11.8 Å². The fourth-order valence-electron chi connectivity index (χ4n) is 3.67. The first-order valence-corrected chi connectivity index (χ1v) is 11.2. The number of hydrogen-bond donors (Lipinski definition) is 0. The predicted molar refractivity (Wildman–Crippen MR) is 119 cm³/mol. The van der Waals surface area contributed by atoms with Crippen LogP contribution in [0.25, 0.3) is 11.0 Å². The van der Waals surface area contributed by atoms with E-state index in [1.807, 2.05) is 36.1 Å². The van der Waals surface area contributed by atoms with Gasteiger partial charge in [-0.2, -0.15) is 0 Å². The van der Waals surface area contributed by atoms with Gasteiger partial charge in [-0.3, -0.25) is 9.59 Å². The van der Waals surface area contributed by atoms with Crippen LogP contribution in [0.2, 0.25) is 0 Å². The second-order valence-corrected chi connectivity index (χ2v) is 8.44. The molecule has 1 aromatic heterocycles. The normalized spacial score (nSPS) is 13.5. The van der Waals surface area contributed by atoms with E-state index in [-0.39, 0.29) is 17.4 Å². The number of thioether (sulfide) groups is 1. The maximum absolute atomic E-state index is 12.6. The topological polar surface area (TPSA) is 76.8 Å². The van der Waals surface area contributed by atoms with Crippen molar-refractivity contribution < 1.29 is 23.5 Å². The Kier molecular flexibility index (Phi) is 6.42. The van der Waals surface area contributed by atoms with Crippen LogP contribution in [0, 0.1) is 6.92 Å². The fourth-order valence-corrected chi connectivity index (χ4v) is 4.62. The van der Waals surface area contributed by atoms with Gasteiger partial charge in [0.25, 0.3) is 0 Å². The van der Waals surface area contributed by atoms with Crippen LogP contribution >= 0.6 is 11.8 Å². The highest BCUT2D eigenvalue weighted by Gasteiger charge is 2.22. The van der Waals surface area contributed by atoms with Crippen molar-refractivity contribution in [3.63, 3.8) is 0 Å². The first-order valence-electron chi connectivity index (χ1n) is 10.2. The van der Waals surface area contributed by atoms with Crippen molar-refractivity contribution in [1.82, 2.24) is 4.90 Å². The van der Waals surface area contributed by atoms with Crippen molar-refractivity contribution in [2.45, 2.75) is 24.7 Å². The number of nitrogens with zero attached hydrogens (tertiary/aromatic N) is 1. The number of carbonyl (C=O) groups is 3. The van der Waals surface area contributed by atoms with E-state index >= 15 is 0 Å². The van der Waals surface area contributed by atoms with Crippen molar-refractivity contribution >= 4 is 40.4 Å². The number of esters is 1. The Labute approximate surface area is 184 Å². The molecule has 31 heavy (non-hydrogen) atoms. The molecule has 0 saturated carbocycles. The van der Waals surface area contributed by atoms with Gasteiger partial charge in [-0.15, -0.1) is 11.8 Å². The van der Waals surface area contributed by atoms with Gasteiger partial charge in [0, 0.05) is 28.9 Å². The van der Waals surface area contributed by atoms with E-state index in [9.17, 15) is 14.4 Å². The third kappa shape index (κ3) is 4.66. The molecule has 1 fully saturated rings. The molecule has 6 nitrogen and oxygen atoms in total. The molecule has 1 aliphatic heterocycles. The van der Waals surface area contributed by atoms with Crippen LogP contribution in [0.4, 0.5) is 0 Å². The van der Waals surface area contributed by atoms with Gasteiger partial charge in [0.1, 0.15) is 5.58 Å². The van der Waals surface area contributed by atoms with E-state index in [2.05, 4.69) is 0 Å². The summed E-state index contributed by atoms with van der Waals surface area (Å²) in [6.45, 7) is 2.99. The lowest BCUT2D eigenvalue weighted by Crippen LogP contribution is -2.29. The van der Waals surface area contributed by atoms with Crippen LogP contribution < -0.4 is 0 Å². The predicted octanol–water partition coefficient (Wildman–Crippen LogP) is 4.50. The molecule has 1 amide bonds. The van der Waals surface area contributed by atoms with Crippen molar-refractivity contribution in [3.05, 3.63) is 65.4 Å². The Morgan fingerprint density at radius 3 is 2.52 bits per heavy atom. The molecule has 7 heteroatoms. The van der Waals surface area contributed by atoms with Crippen molar-refractivity contribution in [3.8, 4) is 0 Å². The summed E-state index contributed by atoms with van der Waals surface area (Å²) in [6.07, 6.45) is 2.08. The summed E-state index contributed by atoms with van der Waals surface area (Å²) >= 11 is 1.31. The fraction of sp³-hybridized carbons (Fsp3) is 0.292. The number of ether oxygens (including phenoxy) is 1. The standard InChI is InChI=1S/C24H23NO5S/c1-16-17-8-2-4-10-20(17)30-23(16)19(26)14-29-24(28)18-9-3-5-11-21(18)31-15-22(27)25-12-6-7-13-25/h2-5,8-11H,6-7,12-15H2,1H3. The maximum Gasteiger partial charge on any atom is 0.339 e. The molecule has 3 aromatic rings. The van der Waals surface area contributed by atoms with E-state index < -0.39 is 18.4 Å². The number of amides is 1. The first kappa shape index (κ1) is 21.2. The van der Waals surface area contributed by atoms with Gasteiger partial charge < -0.3 is 14.1 Å². The Morgan fingerprint density at radius 2 is 1.74 bits per heavy atom. The van der Waals surface area contributed by atoms with Crippen LogP contribution in [0.15, 0.2) is 57.8 Å². The molecule has 1 aliphatic rings. The van der Waals surface area contributed by atoms with Gasteiger partial charge >= 0.3 is 5.97 Å². The number of carbonyl (C=O) groups excluding carboxylic acids is 3. The van der Waals surface area contributed by atoms with Crippen LogP contribution in [0.1, 0.15) is 39.3 Å². The quantitative estimate of drug-likeness (QED) is 0.308. The summed E-state index contributed by atoms with van der Waals surface area (Å²) in [5, 5.41) is 0.863. The highest BCUT2D eigenvalue weighted by molar-refractivity contribution is 8.00. The number of likely N-dealkylation sites (tertiary alicyclic amines) is 1. The summed E-state index contributed by atoms with van der Waals surface area (Å²) in [4.78, 5) is 40.1. The second-order valence-electron chi connectivity index (χ2n) is 7.42. The third-order valence-corrected chi connectivity index (χ3v) is 6.41. The van der Waals surface area contributed by atoms with Gasteiger partial charge in [0.2, 0.25) is 11.7 Å². The Morgan fingerprint density at radius 1 is 1.03 bits per heavy atom. The van der Waals surface area contributed by atoms with Gasteiger partial charge in [-0.1, -0.05) is 30.3 Å². The number of Topliss-reactive ketones (excluding diaryl/α,β-unsaturated/α-hetero) is 1. The molecule has 0 N–H and O–H groups in total. The number of rotatable bonds is 7. The lowest BCUT2D eigenvalue weighted by atomic mass is 10.1. The summed E-state index contributed by atoms with van der Waals surface area (Å²) in [7, 11) is 0. The molecule has 0 aliphatic carbocycles. The average molecular weight is 438 g/mol. The average Bonchev–Trinajstić information content (AvgIpc) is 3.45. The number of aryl methyl sites for hydroxylation is 1. The number of furan rings is 1. The van der Waals surface area contributed by atoms with Gasteiger partial charge in [-0.05, 0) is 38.0 Å². The van der Waals surface area contributed by atoms with E-state index in [4.69, 9.17) is 9.15 Å². The molecule has 0 spiro atoms. The van der Waals surface area contributed by atoms with Gasteiger partial charge in [0.15, 0.2) is 12.4 Å². The minimum atomic E-state index is -0.598. The number of para-hydroxylation sites is 1. The Balaban J connectivity index is 1.39. The monoisotopic (exact) mass is 437 g/mol. The Hall–Kier alpha value is -3.06. The van der Waals surface area contributed by atoms with E-state index in [0.717, 1.165) is 36.9 Å². The zero-order valence-corrected chi connectivity index (χ0v) is 18.1. The number of hydrogen-bond acceptors (Lipinski definition) is 6. The lowest BCUT2D eigenvalue weighted by molar-refractivity contribution is -0.127. The summed E-state index contributed by atoms with van der Waals surface area (Å²) in [5.74, 6) is -0.453. The highest BCUT2D eigenvalue weighted by Crippen LogP contribution is 2.26. The number of fused-ring (bicyclic) bond motifs is 1. The van der Waals surface area contributed by atoms with Crippen LogP contribution in [-0.4, -0.2) is 48.0 Å². The Bertz CT molecular complexity index is 1130. The molecule has 2 aromatic carbocycles. The highest BCUT2D eigenvalue weighted by atomic mass is 32.2. The van der Waals surface area contributed by atoms with Crippen molar-refractivity contribution in [2.75, 3.05) is 25.4 Å². The smallest absolute Gasteiger partial charge is 0.339 e. The van der Waals surface area contributed by atoms with Crippen LogP contribution in [0.5, 0.6) is 0 Å². The zero-order chi connectivity index (χ0) is 21.8. The summed E-state index contributed by atoms with van der Waals surface area (Å²) in [6, 6.07) is 14.4.